The van der Waals surface area contributed by atoms with Crippen molar-refractivity contribution in [1.82, 2.24) is 0 Å². The number of rotatable bonds is 7. The standard InChI is InChI=1S/C24H22Cl2N2O5S/c1-15-4-8-19(9-5-15)34(31,32)28(22-11-7-18(25)12-16(22)2)14-23(29)27-21-13-17(24(30)33-3)6-10-20(21)26/h4-13H,14H2,1-3H3,(H,27,29). The molecule has 0 radical (unpaired) electrons. The monoisotopic (exact) mass is 520 g/mol. The summed E-state index contributed by atoms with van der Waals surface area (Å²) >= 11 is 12.2. The molecule has 0 saturated carbocycles. The number of carbonyl (C=O) groups is 2. The second-order valence-corrected chi connectivity index (χ2v) is 10.2. The molecule has 0 spiro atoms. The van der Waals surface area contributed by atoms with Gasteiger partial charge in [-0.25, -0.2) is 13.2 Å². The van der Waals surface area contributed by atoms with Crippen LogP contribution < -0.4 is 9.62 Å². The molecule has 0 aliphatic carbocycles. The number of hydrogen-bond acceptors (Lipinski definition) is 5. The van der Waals surface area contributed by atoms with Crippen LogP contribution in [0.1, 0.15) is 21.5 Å². The number of aryl methyl sites for hydroxylation is 2. The Balaban J connectivity index is 1.99. The molecule has 0 heterocycles. The Morgan fingerprint density at radius 2 is 1.65 bits per heavy atom. The second-order valence-electron chi connectivity index (χ2n) is 7.49. The van der Waals surface area contributed by atoms with E-state index in [1.165, 1.54) is 37.4 Å². The van der Waals surface area contributed by atoms with Crippen LogP contribution in [0.2, 0.25) is 10.0 Å². The van der Waals surface area contributed by atoms with Crippen LogP contribution in [0.3, 0.4) is 0 Å². The first-order chi connectivity index (χ1) is 16.0. The van der Waals surface area contributed by atoms with E-state index in [9.17, 15) is 18.0 Å². The quantitative estimate of drug-likeness (QED) is 0.430. The molecule has 3 rings (SSSR count). The minimum atomic E-state index is -4.11. The Bertz CT molecular complexity index is 1340. The SMILES string of the molecule is COC(=O)c1ccc(Cl)c(NC(=O)CN(c2ccc(Cl)cc2C)S(=O)(=O)c2ccc(C)cc2)c1. The van der Waals surface area contributed by atoms with Gasteiger partial charge in [0, 0.05) is 5.02 Å². The smallest absolute Gasteiger partial charge is 0.337 e. The van der Waals surface area contributed by atoms with Crippen LogP contribution in [-0.4, -0.2) is 33.9 Å². The first-order valence-electron chi connectivity index (χ1n) is 10.1. The van der Waals surface area contributed by atoms with Crippen molar-refractivity contribution in [2.75, 3.05) is 23.3 Å². The highest BCUT2D eigenvalue weighted by Crippen LogP contribution is 2.30. The molecule has 0 fully saturated rings. The molecule has 34 heavy (non-hydrogen) atoms. The van der Waals surface area contributed by atoms with Gasteiger partial charge in [0.2, 0.25) is 5.91 Å². The van der Waals surface area contributed by atoms with Gasteiger partial charge >= 0.3 is 5.97 Å². The average molecular weight is 521 g/mol. The summed E-state index contributed by atoms with van der Waals surface area (Å²) in [5.74, 6) is -1.26. The Hall–Kier alpha value is -3.07. The maximum absolute atomic E-state index is 13.5. The van der Waals surface area contributed by atoms with Crippen LogP contribution in [0.5, 0.6) is 0 Å². The van der Waals surface area contributed by atoms with Crippen molar-refractivity contribution < 1.29 is 22.7 Å². The fourth-order valence-electron chi connectivity index (χ4n) is 3.22. The molecule has 0 bridgehead atoms. The topological polar surface area (TPSA) is 92.8 Å². The summed E-state index contributed by atoms with van der Waals surface area (Å²) in [6.07, 6.45) is 0. The van der Waals surface area contributed by atoms with Gasteiger partial charge in [0.05, 0.1) is 34.0 Å². The summed E-state index contributed by atoms with van der Waals surface area (Å²) < 4.78 is 32.8. The summed E-state index contributed by atoms with van der Waals surface area (Å²) in [5.41, 5.74) is 2.09. The highest BCUT2D eigenvalue weighted by Gasteiger charge is 2.28. The van der Waals surface area contributed by atoms with E-state index in [2.05, 4.69) is 5.32 Å². The van der Waals surface area contributed by atoms with Gasteiger partial charge in [-0.15, -0.1) is 0 Å². The van der Waals surface area contributed by atoms with Crippen molar-refractivity contribution >= 4 is 56.5 Å². The normalized spacial score (nSPS) is 11.1. The molecule has 0 aromatic heterocycles. The number of ether oxygens (including phenoxy) is 1. The number of benzene rings is 3. The fourth-order valence-corrected chi connectivity index (χ4v) is 5.10. The first-order valence-corrected chi connectivity index (χ1v) is 12.3. The maximum atomic E-state index is 13.5. The zero-order valence-electron chi connectivity index (χ0n) is 18.6. The van der Waals surface area contributed by atoms with E-state index in [4.69, 9.17) is 27.9 Å². The Kier molecular flexibility index (Phi) is 7.86. The van der Waals surface area contributed by atoms with E-state index in [0.717, 1.165) is 9.87 Å². The number of nitrogens with one attached hydrogen (secondary N) is 1. The van der Waals surface area contributed by atoms with Crippen molar-refractivity contribution in [3.63, 3.8) is 0 Å². The third-order valence-electron chi connectivity index (χ3n) is 4.99. The number of sulfonamides is 1. The fraction of sp³-hybridized carbons (Fsp3) is 0.167. The van der Waals surface area contributed by atoms with Crippen molar-refractivity contribution in [2.45, 2.75) is 18.7 Å². The second kappa shape index (κ2) is 10.5. The molecule has 1 amide bonds. The van der Waals surface area contributed by atoms with Crippen LogP contribution in [-0.2, 0) is 19.6 Å². The van der Waals surface area contributed by atoms with Crippen molar-refractivity contribution in [1.29, 1.82) is 0 Å². The first kappa shape index (κ1) is 25.6. The van der Waals surface area contributed by atoms with E-state index < -0.39 is 28.4 Å². The molecule has 3 aromatic rings. The van der Waals surface area contributed by atoms with Gasteiger partial charge in [-0.05, 0) is 67.9 Å². The number of esters is 1. The Morgan fingerprint density at radius 1 is 0.971 bits per heavy atom. The molecule has 3 aromatic carbocycles. The van der Waals surface area contributed by atoms with Crippen LogP contribution in [0.4, 0.5) is 11.4 Å². The number of amides is 1. The van der Waals surface area contributed by atoms with E-state index in [0.29, 0.717) is 16.3 Å². The number of hydrogen-bond donors (Lipinski definition) is 1. The molecule has 1 N–H and O–H groups in total. The van der Waals surface area contributed by atoms with Crippen LogP contribution in [0, 0.1) is 13.8 Å². The summed E-state index contributed by atoms with van der Waals surface area (Å²) in [5, 5.41) is 3.19. The van der Waals surface area contributed by atoms with Crippen LogP contribution in [0.25, 0.3) is 0 Å². The molecule has 178 valence electrons. The van der Waals surface area contributed by atoms with Crippen LogP contribution >= 0.6 is 23.2 Å². The maximum Gasteiger partial charge on any atom is 0.337 e. The summed E-state index contributed by atoms with van der Waals surface area (Å²) in [4.78, 5) is 24.9. The predicted molar refractivity (Wildman–Crippen MR) is 133 cm³/mol. The van der Waals surface area contributed by atoms with Crippen molar-refractivity contribution in [3.05, 3.63) is 87.4 Å². The molecule has 7 nitrogen and oxygen atoms in total. The van der Waals surface area contributed by atoms with Gasteiger partial charge in [0.25, 0.3) is 10.0 Å². The lowest BCUT2D eigenvalue weighted by Gasteiger charge is -2.26. The van der Waals surface area contributed by atoms with Gasteiger partial charge in [-0.3, -0.25) is 9.10 Å². The summed E-state index contributed by atoms with van der Waals surface area (Å²) in [7, 11) is -2.87. The molecule has 0 aliphatic heterocycles. The summed E-state index contributed by atoms with van der Waals surface area (Å²) in [6.45, 7) is 3.00. The highest BCUT2D eigenvalue weighted by molar-refractivity contribution is 7.92. The largest absolute Gasteiger partial charge is 0.465 e. The van der Waals surface area contributed by atoms with E-state index in [-0.39, 0.29) is 21.2 Å². The van der Waals surface area contributed by atoms with E-state index >= 15 is 0 Å². The average Bonchev–Trinajstić information content (AvgIpc) is 2.79. The van der Waals surface area contributed by atoms with Gasteiger partial charge in [0.15, 0.2) is 0 Å². The lowest BCUT2D eigenvalue weighted by atomic mass is 10.2. The van der Waals surface area contributed by atoms with Crippen LogP contribution in [0.15, 0.2) is 65.6 Å². The third kappa shape index (κ3) is 5.70. The molecule has 10 heteroatoms. The molecule has 0 saturated heterocycles. The number of methoxy groups -OCH3 is 1. The lowest BCUT2D eigenvalue weighted by Crippen LogP contribution is -2.38. The molecule has 0 aliphatic rings. The van der Waals surface area contributed by atoms with Gasteiger partial charge < -0.3 is 10.1 Å². The Labute approximate surface area is 208 Å². The van der Waals surface area contributed by atoms with Gasteiger partial charge in [-0.2, -0.15) is 0 Å². The number of halogens is 2. The molecular formula is C24H22Cl2N2O5S. The zero-order chi connectivity index (χ0) is 25.0. The van der Waals surface area contributed by atoms with Crippen molar-refractivity contribution in [2.24, 2.45) is 0 Å². The molecule has 0 unspecified atom stereocenters. The number of anilines is 2. The highest BCUT2D eigenvalue weighted by atomic mass is 35.5. The predicted octanol–water partition coefficient (Wildman–Crippen LogP) is 5.23. The minimum Gasteiger partial charge on any atom is -0.465 e. The zero-order valence-corrected chi connectivity index (χ0v) is 21.0. The molecular weight excluding hydrogens is 499 g/mol. The lowest BCUT2D eigenvalue weighted by molar-refractivity contribution is -0.114. The van der Waals surface area contributed by atoms with E-state index in [1.54, 1.807) is 37.3 Å². The van der Waals surface area contributed by atoms with Gasteiger partial charge in [-0.1, -0.05) is 40.9 Å². The number of carbonyl (C=O) groups excluding carboxylic acids is 2. The van der Waals surface area contributed by atoms with Gasteiger partial charge in [0.1, 0.15) is 6.54 Å². The van der Waals surface area contributed by atoms with E-state index in [1.807, 2.05) is 6.92 Å². The van der Waals surface area contributed by atoms with Crippen molar-refractivity contribution in [3.8, 4) is 0 Å². The molecule has 0 atom stereocenters. The Morgan fingerprint density at radius 3 is 2.26 bits per heavy atom. The number of nitrogens with zero attached hydrogens (tertiary/aromatic N) is 1. The third-order valence-corrected chi connectivity index (χ3v) is 7.32. The minimum absolute atomic E-state index is 0.0333. The summed E-state index contributed by atoms with van der Waals surface area (Å²) in [6, 6.07) is 15.3.